The summed E-state index contributed by atoms with van der Waals surface area (Å²) in [6, 6.07) is 2.09. The van der Waals surface area contributed by atoms with Gasteiger partial charge >= 0.3 is 0 Å². The summed E-state index contributed by atoms with van der Waals surface area (Å²) in [5, 5.41) is 0. The van der Waals surface area contributed by atoms with Crippen molar-refractivity contribution in [3.8, 4) is 17.0 Å². The van der Waals surface area contributed by atoms with Gasteiger partial charge in [-0.3, -0.25) is 0 Å². The first kappa shape index (κ1) is 12.3. The number of anilines is 1. The smallest absolute Gasteiger partial charge is 0.200 e. The topological polar surface area (TPSA) is 53.1 Å². The van der Waals surface area contributed by atoms with Crippen LogP contribution >= 0.6 is 0 Å². The standard InChI is InChI=1S/C12H13F2N3O/c1-6-11(17(2)12(15)16-6)7-4-9(14)10(18-3)5-8(7)13/h4-5H,1-3H3,(H2,15,16). The molecule has 4 nitrogen and oxygen atoms in total. The van der Waals surface area contributed by atoms with Gasteiger partial charge in [0.1, 0.15) is 5.82 Å². The fourth-order valence-electron chi connectivity index (χ4n) is 1.90. The van der Waals surface area contributed by atoms with Crippen LogP contribution < -0.4 is 10.5 Å². The lowest BCUT2D eigenvalue weighted by Gasteiger charge is -2.09. The molecule has 96 valence electrons. The highest BCUT2D eigenvalue weighted by Crippen LogP contribution is 2.31. The second-order valence-electron chi connectivity index (χ2n) is 3.93. The number of nitrogen functional groups attached to an aromatic ring is 1. The van der Waals surface area contributed by atoms with Gasteiger partial charge in [-0.15, -0.1) is 0 Å². The molecule has 0 saturated heterocycles. The van der Waals surface area contributed by atoms with Crippen molar-refractivity contribution in [2.24, 2.45) is 7.05 Å². The minimum atomic E-state index is -0.631. The van der Waals surface area contributed by atoms with Crippen LogP contribution in [0.5, 0.6) is 5.75 Å². The number of hydrogen-bond donors (Lipinski definition) is 1. The number of nitrogens with two attached hydrogens (primary N) is 1. The van der Waals surface area contributed by atoms with E-state index in [0.29, 0.717) is 11.4 Å². The Balaban J connectivity index is 2.68. The predicted octanol–water partition coefficient (Wildman–Crippen LogP) is 2.26. The van der Waals surface area contributed by atoms with Crippen LogP contribution in [0, 0.1) is 18.6 Å². The Labute approximate surface area is 103 Å². The molecule has 18 heavy (non-hydrogen) atoms. The van der Waals surface area contributed by atoms with E-state index in [9.17, 15) is 8.78 Å². The van der Waals surface area contributed by atoms with Gasteiger partial charge in [0.15, 0.2) is 11.6 Å². The van der Waals surface area contributed by atoms with E-state index in [2.05, 4.69) is 4.98 Å². The van der Waals surface area contributed by atoms with Gasteiger partial charge in [-0.05, 0) is 13.0 Å². The molecule has 0 amide bonds. The van der Waals surface area contributed by atoms with E-state index < -0.39 is 11.6 Å². The van der Waals surface area contributed by atoms with Gasteiger partial charge in [-0.25, -0.2) is 13.8 Å². The number of methoxy groups -OCH3 is 1. The highest BCUT2D eigenvalue weighted by molar-refractivity contribution is 5.66. The second kappa shape index (κ2) is 4.29. The van der Waals surface area contributed by atoms with Crippen molar-refractivity contribution < 1.29 is 13.5 Å². The number of rotatable bonds is 2. The first-order valence-electron chi connectivity index (χ1n) is 5.28. The Morgan fingerprint density at radius 3 is 2.44 bits per heavy atom. The molecule has 2 rings (SSSR count). The zero-order chi connectivity index (χ0) is 13.4. The van der Waals surface area contributed by atoms with E-state index in [1.165, 1.54) is 11.7 Å². The molecule has 6 heteroatoms. The number of halogens is 2. The summed E-state index contributed by atoms with van der Waals surface area (Å²) in [5.74, 6) is -1.10. The average molecular weight is 253 g/mol. The molecule has 1 aromatic carbocycles. The maximum Gasteiger partial charge on any atom is 0.200 e. The predicted molar refractivity (Wildman–Crippen MR) is 64.3 cm³/mol. The average Bonchev–Trinajstić information content (AvgIpc) is 2.56. The van der Waals surface area contributed by atoms with Gasteiger partial charge in [-0.1, -0.05) is 0 Å². The van der Waals surface area contributed by atoms with E-state index in [1.54, 1.807) is 14.0 Å². The molecule has 0 saturated carbocycles. The van der Waals surface area contributed by atoms with Gasteiger partial charge in [0.05, 0.1) is 18.5 Å². The normalized spacial score (nSPS) is 10.7. The summed E-state index contributed by atoms with van der Waals surface area (Å²) in [5.41, 5.74) is 6.73. The molecule has 0 aliphatic carbocycles. The van der Waals surface area contributed by atoms with E-state index in [-0.39, 0.29) is 17.3 Å². The summed E-state index contributed by atoms with van der Waals surface area (Å²) in [6.07, 6.45) is 0. The van der Waals surface area contributed by atoms with Crippen molar-refractivity contribution >= 4 is 5.95 Å². The quantitative estimate of drug-likeness (QED) is 0.893. The molecular formula is C12H13F2N3O. The van der Waals surface area contributed by atoms with E-state index in [4.69, 9.17) is 10.5 Å². The third-order valence-corrected chi connectivity index (χ3v) is 2.80. The molecule has 0 atom stereocenters. The van der Waals surface area contributed by atoms with Crippen molar-refractivity contribution in [2.75, 3.05) is 12.8 Å². The molecule has 2 N–H and O–H groups in total. The lowest BCUT2D eigenvalue weighted by atomic mass is 10.1. The summed E-state index contributed by atoms with van der Waals surface area (Å²) >= 11 is 0. The summed E-state index contributed by atoms with van der Waals surface area (Å²) in [6.45, 7) is 1.69. The zero-order valence-corrected chi connectivity index (χ0v) is 10.3. The molecule has 0 spiro atoms. The fourth-order valence-corrected chi connectivity index (χ4v) is 1.90. The highest BCUT2D eigenvalue weighted by atomic mass is 19.1. The number of hydrogen-bond acceptors (Lipinski definition) is 3. The van der Waals surface area contributed by atoms with Crippen molar-refractivity contribution in [3.63, 3.8) is 0 Å². The zero-order valence-electron chi connectivity index (χ0n) is 10.3. The van der Waals surface area contributed by atoms with Gasteiger partial charge in [0, 0.05) is 18.7 Å². The minimum Gasteiger partial charge on any atom is -0.494 e. The Bertz CT molecular complexity index is 608. The maximum atomic E-state index is 13.9. The molecule has 1 aromatic heterocycles. The molecule has 0 unspecified atom stereocenters. The van der Waals surface area contributed by atoms with E-state index in [0.717, 1.165) is 12.1 Å². The second-order valence-corrected chi connectivity index (χ2v) is 3.93. The lowest BCUT2D eigenvalue weighted by Crippen LogP contribution is -2.01. The van der Waals surface area contributed by atoms with E-state index >= 15 is 0 Å². The highest BCUT2D eigenvalue weighted by Gasteiger charge is 2.18. The molecular weight excluding hydrogens is 240 g/mol. The van der Waals surface area contributed by atoms with Gasteiger partial charge in [0.25, 0.3) is 0 Å². The Kier molecular flexibility index (Phi) is 2.94. The Morgan fingerprint density at radius 1 is 1.28 bits per heavy atom. The third kappa shape index (κ3) is 1.79. The molecule has 2 aromatic rings. The van der Waals surface area contributed by atoms with Crippen LogP contribution in [0.1, 0.15) is 5.69 Å². The Morgan fingerprint density at radius 2 is 1.94 bits per heavy atom. The fraction of sp³-hybridized carbons (Fsp3) is 0.250. The van der Waals surface area contributed by atoms with Crippen LogP contribution in [0.25, 0.3) is 11.3 Å². The summed E-state index contributed by atoms with van der Waals surface area (Å²) < 4.78 is 33.8. The molecule has 1 heterocycles. The largest absolute Gasteiger partial charge is 0.494 e. The molecule has 0 fully saturated rings. The van der Waals surface area contributed by atoms with Gasteiger partial charge in [0.2, 0.25) is 5.95 Å². The first-order valence-corrected chi connectivity index (χ1v) is 5.28. The summed E-state index contributed by atoms with van der Waals surface area (Å²) in [4.78, 5) is 4.02. The maximum absolute atomic E-state index is 13.9. The third-order valence-electron chi connectivity index (χ3n) is 2.80. The number of aryl methyl sites for hydroxylation is 1. The van der Waals surface area contributed by atoms with Crippen molar-refractivity contribution in [2.45, 2.75) is 6.92 Å². The minimum absolute atomic E-state index is 0.109. The van der Waals surface area contributed by atoms with Crippen LogP contribution in [-0.2, 0) is 7.05 Å². The number of aromatic nitrogens is 2. The molecule has 0 aliphatic heterocycles. The van der Waals surface area contributed by atoms with Crippen LogP contribution in [-0.4, -0.2) is 16.7 Å². The van der Waals surface area contributed by atoms with Crippen molar-refractivity contribution in [1.82, 2.24) is 9.55 Å². The number of benzene rings is 1. The molecule has 0 aliphatic rings. The monoisotopic (exact) mass is 253 g/mol. The van der Waals surface area contributed by atoms with Gasteiger partial charge in [-0.2, -0.15) is 0 Å². The van der Waals surface area contributed by atoms with Gasteiger partial charge < -0.3 is 15.0 Å². The molecule has 0 bridgehead atoms. The number of ether oxygens (including phenoxy) is 1. The van der Waals surface area contributed by atoms with E-state index in [1.807, 2.05) is 0 Å². The molecule has 0 radical (unpaired) electrons. The first-order chi connectivity index (χ1) is 8.45. The van der Waals surface area contributed by atoms with Crippen LogP contribution in [0.15, 0.2) is 12.1 Å². The lowest BCUT2D eigenvalue weighted by molar-refractivity contribution is 0.383. The van der Waals surface area contributed by atoms with Crippen LogP contribution in [0.4, 0.5) is 14.7 Å². The number of nitrogens with zero attached hydrogens (tertiary/aromatic N) is 2. The van der Waals surface area contributed by atoms with Crippen LogP contribution in [0.3, 0.4) is 0 Å². The van der Waals surface area contributed by atoms with Crippen LogP contribution in [0.2, 0.25) is 0 Å². The Hall–Kier alpha value is -2.11. The van der Waals surface area contributed by atoms with Crippen molar-refractivity contribution in [3.05, 3.63) is 29.5 Å². The van der Waals surface area contributed by atoms with Crippen molar-refractivity contribution in [1.29, 1.82) is 0 Å². The summed E-state index contributed by atoms with van der Waals surface area (Å²) in [7, 11) is 2.93. The SMILES string of the molecule is COc1cc(F)c(-c2c(C)nc(N)n2C)cc1F. The number of imidazole rings is 1.